The van der Waals surface area contributed by atoms with Gasteiger partial charge in [0.05, 0.1) is 0 Å². The first kappa shape index (κ1) is 13.9. The molecular weight excluding hydrogens is 210 g/mol. The predicted octanol–water partition coefficient (Wildman–Crippen LogP) is 3.07. The molecule has 0 aliphatic carbocycles. The minimum absolute atomic E-state index is 0.247. The zero-order valence-corrected chi connectivity index (χ0v) is 11.1. The molecule has 1 aromatic carbocycles. The summed E-state index contributed by atoms with van der Waals surface area (Å²) < 4.78 is 0. The summed E-state index contributed by atoms with van der Waals surface area (Å²) in [5.41, 5.74) is 2.15. The van der Waals surface area contributed by atoms with Crippen molar-refractivity contribution in [3.8, 4) is 0 Å². The zero-order valence-electron chi connectivity index (χ0n) is 11.1. The maximum Gasteiger partial charge on any atom is 0.162 e. The number of benzene rings is 1. The molecule has 0 bridgehead atoms. The van der Waals surface area contributed by atoms with E-state index in [4.69, 9.17) is 0 Å². The monoisotopic (exact) mass is 233 g/mol. The molecule has 0 aliphatic heterocycles. The van der Waals surface area contributed by atoms with Crippen LogP contribution in [-0.4, -0.2) is 19.4 Å². The Morgan fingerprint density at radius 1 is 1.24 bits per heavy atom. The molecule has 0 saturated heterocycles. The number of ketones is 1. The third-order valence-electron chi connectivity index (χ3n) is 2.75. The normalized spacial score (nSPS) is 10.8. The predicted molar refractivity (Wildman–Crippen MR) is 72.5 cm³/mol. The maximum absolute atomic E-state index is 11.8. The Balaban J connectivity index is 2.52. The highest BCUT2D eigenvalue weighted by Gasteiger charge is 2.05. The van der Waals surface area contributed by atoms with Gasteiger partial charge in [-0.25, -0.2) is 0 Å². The fourth-order valence-corrected chi connectivity index (χ4v) is 1.87. The van der Waals surface area contributed by atoms with Crippen LogP contribution < -0.4 is 5.32 Å². The second-order valence-corrected chi connectivity index (χ2v) is 4.93. The number of carbonyl (C=O) groups excluding carboxylic acids is 1. The van der Waals surface area contributed by atoms with E-state index in [0.29, 0.717) is 12.3 Å². The van der Waals surface area contributed by atoms with Gasteiger partial charge in [-0.3, -0.25) is 4.79 Å². The number of Topliss-reactive ketones (excluding diaryl/α,β-unsaturated/α-hetero) is 1. The molecule has 94 valence electrons. The fourth-order valence-electron chi connectivity index (χ4n) is 1.87. The highest BCUT2D eigenvalue weighted by atomic mass is 16.1. The molecular formula is C15H23NO. The van der Waals surface area contributed by atoms with Crippen LogP contribution in [0.5, 0.6) is 0 Å². The molecule has 0 saturated carbocycles. The van der Waals surface area contributed by atoms with E-state index in [-0.39, 0.29) is 5.78 Å². The lowest BCUT2D eigenvalue weighted by Gasteiger charge is -2.06. The molecule has 1 aromatic rings. The molecule has 2 heteroatoms. The third-order valence-corrected chi connectivity index (χ3v) is 2.75. The minimum Gasteiger partial charge on any atom is -0.320 e. The van der Waals surface area contributed by atoms with E-state index < -0.39 is 0 Å². The van der Waals surface area contributed by atoms with Crippen molar-refractivity contribution in [1.82, 2.24) is 5.32 Å². The standard InChI is InChI=1S/C15H23NO/c1-12(2)11-13-6-8-14(9-7-13)15(17)5-4-10-16-3/h6-9,12,16H,4-5,10-11H2,1-3H3. The van der Waals surface area contributed by atoms with E-state index in [1.165, 1.54) is 5.56 Å². The number of nitrogens with one attached hydrogen (secondary N) is 1. The van der Waals surface area contributed by atoms with Gasteiger partial charge in [0, 0.05) is 12.0 Å². The molecule has 1 N–H and O–H groups in total. The van der Waals surface area contributed by atoms with Crippen molar-refractivity contribution in [3.63, 3.8) is 0 Å². The van der Waals surface area contributed by atoms with Crippen LogP contribution in [0.3, 0.4) is 0 Å². The summed E-state index contributed by atoms with van der Waals surface area (Å²) in [7, 11) is 1.91. The van der Waals surface area contributed by atoms with E-state index in [0.717, 1.165) is 24.9 Å². The Labute approximate surface area is 104 Å². The molecule has 0 atom stereocenters. The van der Waals surface area contributed by atoms with Crippen LogP contribution in [0.25, 0.3) is 0 Å². The zero-order chi connectivity index (χ0) is 12.7. The molecule has 0 aliphatic rings. The van der Waals surface area contributed by atoms with E-state index in [1.54, 1.807) is 0 Å². The molecule has 17 heavy (non-hydrogen) atoms. The summed E-state index contributed by atoms with van der Waals surface area (Å²) in [5, 5.41) is 3.05. The van der Waals surface area contributed by atoms with Gasteiger partial charge in [0.2, 0.25) is 0 Å². The Morgan fingerprint density at radius 3 is 2.41 bits per heavy atom. The fraction of sp³-hybridized carbons (Fsp3) is 0.533. The first-order valence-corrected chi connectivity index (χ1v) is 6.40. The quantitative estimate of drug-likeness (QED) is 0.579. The lowest BCUT2D eigenvalue weighted by atomic mass is 9.99. The molecule has 0 spiro atoms. The van der Waals surface area contributed by atoms with Crippen molar-refractivity contribution in [2.45, 2.75) is 33.1 Å². The summed E-state index contributed by atoms with van der Waals surface area (Å²) in [5.74, 6) is 0.906. The third kappa shape index (κ3) is 5.14. The Bertz CT molecular complexity index is 340. The smallest absolute Gasteiger partial charge is 0.162 e. The summed E-state index contributed by atoms with van der Waals surface area (Å²) >= 11 is 0. The second kappa shape index (κ2) is 7.23. The van der Waals surface area contributed by atoms with Crippen LogP contribution in [0, 0.1) is 5.92 Å². The van der Waals surface area contributed by atoms with E-state index in [2.05, 4.69) is 31.3 Å². The lowest BCUT2D eigenvalue weighted by Crippen LogP contribution is -2.10. The summed E-state index contributed by atoms with van der Waals surface area (Å²) in [6.45, 7) is 5.31. The highest BCUT2D eigenvalue weighted by molar-refractivity contribution is 5.96. The topological polar surface area (TPSA) is 29.1 Å². The minimum atomic E-state index is 0.247. The van der Waals surface area contributed by atoms with Gasteiger partial charge >= 0.3 is 0 Å². The van der Waals surface area contributed by atoms with Crippen molar-refractivity contribution >= 4 is 5.78 Å². The van der Waals surface area contributed by atoms with Gasteiger partial charge in [-0.15, -0.1) is 0 Å². The van der Waals surface area contributed by atoms with Gasteiger partial charge in [-0.05, 0) is 37.9 Å². The summed E-state index contributed by atoms with van der Waals surface area (Å²) in [6, 6.07) is 8.06. The van der Waals surface area contributed by atoms with Crippen molar-refractivity contribution in [1.29, 1.82) is 0 Å². The van der Waals surface area contributed by atoms with Gasteiger partial charge in [0.25, 0.3) is 0 Å². The van der Waals surface area contributed by atoms with E-state index in [1.807, 2.05) is 19.2 Å². The molecule has 0 radical (unpaired) electrons. The number of rotatable bonds is 7. The lowest BCUT2D eigenvalue weighted by molar-refractivity contribution is 0.0980. The van der Waals surface area contributed by atoms with Crippen LogP contribution in [0.1, 0.15) is 42.6 Å². The number of carbonyl (C=O) groups is 1. The first-order chi connectivity index (χ1) is 8.13. The molecule has 0 amide bonds. The molecule has 0 fully saturated rings. The van der Waals surface area contributed by atoms with Gasteiger partial charge in [-0.1, -0.05) is 38.1 Å². The summed E-state index contributed by atoms with van der Waals surface area (Å²) in [4.78, 5) is 11.8. The molecule has 0 aromatic heterocycles. The molecule has 2 nitrogen and oxygen atoms in total. The van der Waals surface area contributed by atoms with Crippen molar-refractivity contribution < 1.29 is 4.79 Å². The first-order valence-electron chi connectivity index (χ1n) is 6.40. The average Bonchev–Trinajstić information content (AvgIpc) is 2.29. The van der Waals surface area contributed by atoms with Gasteiger partial charge < -0.3 is 5.32 Å². The van der Waals surface area contributed by atoms with E-state index in [9.17, 15) is 4.79 Å². The van der Waals surface area contributed by atoms with Crippen molar-refractivity contribution in [2.24, 2.45) is 5.92 Å². The highest BCUT2D eigenvalue weighted by Crippen LogP contribution is 2.11. The Morgan fingerprint density at radius 2 is 1.88 bits per heavy atom. The van der Waals surface area contributed by atoms with E-state index >= 15 is 0 Å². The average molecular weight is 233 g/mol. The van der Waals surface area contributed by atoms with Crippen LogP contribution in [0.4, 0.5) is 0 Å². The van der Waals surface area contributed by atoms with Crippen molar-refractivity contribution in [3.05, 3.63) is 35.4 Å². The van der Waals surface area contributed by atoms with Gasteiger partial charge in [-0.2, -0.15) is 0 Å². The van der Waals surface area contributed by atoms with Crippen LogP contribution >= 0.6 is 0 Å². The van der Waals surface area contributed by atoms with Crippen LogP contribution in [0.2, 0.25) is 0 Å². The van der Waals surface area contributed by atoms with Gasteiger partial charge in [0.15, 0.2) is 5.78 Å². The SMILES string of the molecule is CNCCCC(=O)c1ccc(CC(C)C)cc1. The van der Waals surface area contributed by atoms with Crippen molar-refractivity contribution in [2.75, 3.05) is 13.6 Å². The Hall–Kier alpha value is -1.15. The van der Waals surface area contributed by atoms with Gasteiger partial charge in [0.1, 0.15) is 0 Å². The largest absolute Gasteiger partial charge is 0.320 e. The van der Waals surface area contributed by atoms with Crippen LogP contribution in [0.15, 0.2) is 24.3 Å². The maximum atomic E-state index is 11.8. The molecule has 1 rings (SSSR count). The number of hydrogen-bond donors (Lipinski definition) is 1. The molecule has 0 heterocycles. The number of hydrogen-bond acceptors (Lipinski definition) is 2. The van der Waals surface area contributed by atoms with Crippen LogP contribution in [-0.2, 0) is 6.42 Å². The molecule has 0 unspecified atom stereocenters. The second-order valence-electron chi connectivity index (χ2n) is 4.93. The summed E-state index contributed by atoms with van der Waals surface area (Å²) in [6.07, 6.45) is 2.61. The Kier molecular flexibility index (Phi) is 5.92.